The van der Waals surface area contributed by atoms with Gasteiger partial charge in [0, 0.05) is 17.7 Å². The molecule has 0 aromatic heterocycles. The molecule has 0 aliphatic heterocycles. The van der Waals surface area contributed by atoms with Crippen molar-refractivity contribution in [2.24, 2.45) is 0 Å². The largest absolute Gasteiger partial charge is 0.497 e. The lowest BCUT2D eigenvalue weighted by molar-refractivity contribution is -0.123. The molecule has 0 aliphatic carbocycles. The second kappa shape index (κ2) is 6.92. The SMILES string of the molecule is C=CCC(C(=O)NC(C)C)c1ccc(OC)cc1F. The van der Waals surface area contributed by atoms with E-state index in [-0.39, 0.29) is 11.9 Å². The zero-order valence-electron chi connectivity index (χ0n) is 11.6. The molecule has 1 aromatic carbocycles. The van der Waals surface area contributed by atoms with Crippen LogP contribution >= 0.6 is 0 Å². The van der Waals surface area contributed by atoms with Gasteiger partial charge in [0.1, 0.15) is 11.6 Å². The van der Waals surface area contributed by atoms with Crippen molar-refractivity contribution in [3.8, 4) is 5.75 Å². The standard InChI is InChI=1S/C15H20FNO2/c1-5-6-13(15(18)17-10(2)3)12-8-7-11(19-4)9-14(12)16/h5,7-10,13H,1,6H2,2-4H3,(H,17,18). The molecule has 0 radical (unpaired) electrons. The number of rotatable bonds is 6. The van der Waals surface area contributed by atoms with Crippen molar-refractivity contribution in [1.82, 2.24) is 5.32 Å². The maximum atomic E-state index is 14.0. The van der Waals surface area contributed by atoms with E-state index in [0.29, 0.717) is 17.7 Å². The van der Waals surface area contributed by atoms with Crippen molar-refractivity contribution < 1.29 is 13.9 Å². The molecule has 0 saturated heterocycles. The molecule has 1 rings (SSSR count). The molecular formula is C15H20FNO2. The van der Waals surface area contributed by atoms with Crippen molar-refractivity contribution in [1.29, 1.82) is 0 Å². The van der Waals surface area contributed by atoms with Gasteiger partial charge >= 0.3 is 0 Å². The predicted molar refractivity (Wildman–Crippen MR) is 73.8 cm³/mol. The molecular weight excluding hydrogens is 245 g/mol. The predicted octanol–water partition coefficient (Wildman–Crippen LogP) is 3.02. The second-order valence-electron chi connectivity index (χ2n) is 4.63. The highest BCUT2D eigenvalue weighted by Crippen LogP contribution is 2.26. The summed E-state index contributed by atoms with van der Waals surface area (Å²) in [7, 11) is 1.47. The molecule has 19 heavy (non-hydrogen) atoms. The van der Waals surface area contributed by atoms with Gasteiger partial charge in [-0.3, -0.25) is 4.79 Å². The van der Waals surface area contributed by atoms with Gasteiger partial charge in [-0.05, 0) is 26.3 Å². The highest BCUT2D eigenvalue weighted by Gasteiger charge is 2.23. The number of halogens is 1. The minimum Gasteiger partial charge on any atom is -0.497 e. The van der Waals surface area contributed by atoms with Crippen molar-refractivity contribution in [2.75, 3.05) is 7.11 Å². The number of methoxy groups -OCH3 is 1. The van der Waals surface area contributed by atoms with Crippen LogP contribution in [-0.4, -0.2) is 19.1 Å². The first-order valence-corrected chi connectivity index (χ1v) is 6.24. The van der Waals surface area contributed by atoms with Crippen LogP contribution < -0.4 is 10.1 Å². The fourth-order valence-corrected chi connectivity index (χ4v) is 1.84. The van der Waals surface area contributed by atoms with E-state index in [1.54, 1.807) is 18.2 Å². The highest BCUT2D eigenvalue weighted by atomic mass is 19.1. The van der Waals surface area contributed by atoms with Crippen molar-refractivity contribution >= 4 is 5.91 Å². The summed E-state index contributed by atoms with van der Waals surface area (Å²) < 4.78 is 19.0. The maximum Gasteiger partial charge on any atom is 0.228 e. The van der Waals surface area contributed by atoms with Gasteiger partial charge in [-0.15, -0.1) is 6.58 Å². The van der Waals surface area contributed by atoms with E-state index >= 15 is 0 Å². The molecule has 0 bridgehead atoms. The van der Waals surface area contributed by atoms with Crippen LogP contribution in [0.5, 0.6) is 5.75 Å². The molecule has 4 heteroatoms. The molecule has 0 saturated carbocycles. The van der Waals surface area contributed by atoms with Gasteiger partial charge in [-0.1, -0.05) is 12.1 Å². The molecule has 0 spiro atoms. The molecule has 0 heterocycles. The summed E-state index contributed by atoms with van der Waals surface area (Å²) >= 11 is 0. The average Bonchev–Trinajstić information content (AvgIpc) is 2.35. The lowest BCUT2D eigenvalue weighted by atomic mass is 9.94. The number of ether oxygens (including phenoxy) is 1. The first kappa shape index (κ1) is 15.2. The number of hydrogen-bond donors (Lipinski definition) is 1. The molecule has 1 atom stereocenters. The molecule has 1 N–H and O–H groups in total. The molecule has 1 amide bonds. The molecule has 3 nitrogen and oxygen atoms in total. The van der Waals surface area contributed by atoms with Crippen LogP contribution in [-0.2, 0) is 4.79 Å². The van der Waals surface area contributed by atoms with Crippen LogP contribution in [0, 0.1) is 5.82 Å². The van der Waals surface area contributed by atoms with Crippen LogP contribution in [0.15, 0.2) is 30.9 Å². The zero-order valence-corrected chi connectivity index (χ0v) is 11.6. The number of carbonyl (C=O) groups excluding carboxylic acids is 1. The van der Waals surface area contributed by atoms with Crippen LogP contribution in [0.3, 0.4) is 0 Å². The van der Waals surface area contributed by atoms with Crippen LogP contribution in [0.2, 0.25) is 0 Å². The minimum atomic E-state index is -0.564. The van der Waals surface area contributed by atoms with Gasteiger partial charge < -0.3 is 10.1 Å². The fraction of sp³-hybridized carbons (Fsp3) is 0.400. The molecule has 1 aromatic rings. The van der Waals surface area contributed by atoms with Crippen molar-refractivity contribution in [3.63, 3.8) is 0 Å². The zero-order chi connectivity index (χ0) is 14.4. The van der Waals surface area contributed by atoms with Gasteiger partial charge in [0.2, 0.25) is 5.91 Å². The summed E-state index contributed by atoms with van der Waals surface area (Å²) in [5, 5.41) is 2.80. The van der Waals surface area contributed by atoms with Gasteiger partial charge in [0.15, 0.2) is 0 Å². The summed E-state index contributed by atoms with van der Waals surface area (Å²) in [6.45, 7) is 7.36. The number of benzene rings is 1. The van der Waals surface area contributed by atoms with E-state index in [9.17, 15) is 9.18 Å². The first-order valence-electron chi connectivity index (χ1n) is 6.24. The topological polar surface area (TPSA) is 38.3 Å². The summed E-state index contributed by atoms with van der Waals surface area (Å²) in [5.74, 6) is -0.766. The number of amides is 1. The monoisotopic (exact) mass is 265 g/mol. The lowest BCUT2D eigenvalue weighted by Crippen LogP contribution is -2.34. The first-order chi connectivity index (χ1) is 8.99. The lowest BCUT2D eigenvalue weighted by Gasteiger charge is -2.18. The molecule has 1 unspecified atom stereocenters. The Bertz CT molecular complexity index is 457. The van der Waals surface area contributed by atoms with Crippen molar-refractivity contribution in [2.45, 2.75) is 32.2 Å². The summed E-state index contributed by atoms with van der Waals surface area (Å²) in [6, 6.07) is 4.54. The fourth-order valence-electron chi connectivity index (χ4n) is 1.84. The van der Waals surface area contributed by atoms with Crippen LogP contribution in [0.25, 0.3) is 0 Å². The Hall–Kier alpha value is -1.84. The quantitative estimate of drug-likeness (QED) is 0.803. The third-order valence-corrected chi connectivity index (χ3v) is 2.73. The normalized spacial score (nSPS) is 12.1. The Morgan fingerprint density at radius 3 is 2.68 bits per heavy atom. The summed E-state index contributed by atoms with van der Waals surface area (Å²) in [6.07, 6.45) is 2.01. The molecule has 0 fully saturated rings. The number of nitrogens with one attached hydrogen (secondary N) is 1. The van der Waals surface area contributed by atoms with Crippen LogP contribution in [0.4, 0.5) is 4.39 Å². The Morgan fingerprint density at radius 1 is 1.53 bits per heavy atom. The Labute approximate surface area is 113 Å². The van der Waals surface area contributed by atoms with Gasteiger partial charge in [-0.25, -0.2) is 4.39 Å². The van der Waals surface area contributed by atoms with E-state index in [1.165, 1.54) is 13.2 Å². The van der Waals surface area contributed by atoms with E-state index in [2.05, 4.69) is 11.9 Å². The number of hydrogen-bond acceptors (Lipinski definition) is 2. The number of carbonyl (C=O) groups is 1. The Morgan fingerprint density at radius 2 is 2.21 bits per heavy atom. The second-order valence-corrected chi connectivity index (χ2v) is 4.63. The van der Waals surface area contributed by atoms with Gasteiger partial charge in [0.25, 0.3) is 0 Å². The Balaban J connectivity index is 3.04. The van der Waals surface area contributed by atoms with E-state index < -0.39 is 11.7 Å². The number of allylic oxidation sites excluding steroid dienone is 1. The van der Waals surface area contributed by atoms with Gasteiger partial charge in [0.05, 0.1) is 13.0 Å². The Kier molecular flexibility index (Phi) is 5.55. The van der Waals surface area contributed by atoms with Gasteiger partial charge in [-0.2, -0.15) is 0 Å². The maximum absolute atomic E-state index is 14.0. The van der Waals surface area contributed by atoms with Crippen molar-refractivity contribution in [3.05, 3.63) is 42.2 Å². The van der Waals surface area contributed by atoms with E-state index in [4.69, 9.17) is 4.74 Å². The summed E-state index contributed by atoms with van der Waals surface area (Å²) in [5.41, 5.74) is 0.360. The van der Waals surface area contributed by atoms with E-state index in [0.717, 1.165) is 0 Å². The average molecular weight is 265 g/mol. The highest BCUT2D eigenvalue weighted by molar-refractivity contribution is 5.84. The van der Waals surface area contributed by atoms with Crippen LogP contribution in [0.1, 0.15) is 31.7 Å². The smallest absolute Gasteiger partial charge is 0.228 e. The third-order valence-electron chi connectivity index (χ3n) is 2.73. The summed E-state index contributed by atoms with van der Waals surface area (Å²) in [4.78, 5) is 12.1. The molecule has 104 valence electrons. The van der Waals surface area contributed by atoms with E-state index in [1.807, 2.05) is 13.8 Å². The third kappa shape index (κ3) is 4.09. The minimum absolute atomic E-state index is 0.0149. The molecule has 0 aliphatic rings.